The molecule has 0 atom stereocenters. The summed E-state index contributed by atoms with van der Waals surface area (Å²) in [6, 6.07) is 6.33. The number of carbonyl (C=O) groups is 1. The number of hydrogen-bond donors (Lipinski definition) is 3. The van der Waals surface area contributed by atoms with Crippen LogP contribution in [-0.2, 0) is 10.0 Å². The average Bonchev–Trinajstić information content (AvgIpc) is 2.83. The lowest BCUT2D eigenvalue weighted by molar-refractivity contribution is 0.102. The van der Waals surface area contributed by atoms with E-state index >= 15 is 0 Å². The lowest BCUT2D eigenvalue weighted by Gasteiger charge is -2.06. The number of nitrogens with zero attached hydrogens (tertiary/aromatic N) is 1. The fraction of sp³-hybridized carbons (Fsp3) is 0.0909. The molecule has 100 valence electrons. The minimum atomic E-state index is -3.30. The molecule has 2 rings (SSSR count). The highest BCUT2D eigenvalue weighted by atomic mass is 32.2. The van der Waals surface area contributed by atoms with Crippen molar-refractivity contribution in [1.82, 2.24) is 10.2 Å². The molecule has 0 saturated carbocycles. The summed E-state index contributed by atoms with van der Waals surface area (Å²) >= 11 is 0. The van der Waals surface area contributed by atoms with E-state index in [4.69, 9.17) is 0 Å². The molecule has 19 heavy (non-hydrogen) atoms. The van der Waals surface area contributed by atoms with Crippen LogP contribution in [0.4, 0.5) is 11.4 Å². The van der Waals surface area contributed by atoms with Crippen molar-refractivity contribution in [2.75, 3.05) is 16.3 Å². The Balaban J connectivity index is 2.05. The molecule has 3 N–H and O–H groups in total. The normalized spacial score (nSPS) is 11.0. The van der Waals surface area contributed by atoms with E-state index in [-0.39, 0.29) is 5.91 Å². The van der Waals surface area contributed by atoms with Crippen molar-refractivity contribution < 1.29 is 13.2 Å². The lowest BCUT2D eigenvalue weighted by Crippen LogP contribution is -2.12. The number of anilines is 2. The van der Waals surface area contributed by atoms with E-state index in [1.54, 1.807) is 24.3 Å². The Hall–Kier alpha value is -2.35. The zero-order chi connectivity index (χ0) is 13.9. The Labute approximate surface area is 110 Å². The highest BCUT2D eigenvalue weighted by Crippen LogP contribution is 2.15. The van der Waals surface area contributed by atoms with Gasteiger partial charge in [-0.2, -0.15) is 5.10 Å². The van der Waals surface area contributed by atoms with Crippen molar-refractivity contribution in [1.29, 1.82) is 0 Å². The second-order valence-corrected chi connectivity index (χ2v) is 5.64. The molecule has 1 heterocycles. The SMILES string of the molecule is CS(=O)(=O)Nc1ccc(NC(=O)c2cn[nH]c2)cc1. The van der Waals surface area contributed by atoms with Crippen molar-refractivity contribution in [2.45, 2.75) is 0 Å². The summed E-state index contributed by atoms with van der Waals surface area (Å²) in [4.78, 5) is 11.7. The van der Waals surface area contributed by atoms with Crippen molar-refractivity contribution in [3.63, 3.8) is 0 Å². The number of amides is 1. The van der Waals surface area contributed by atoms with Crippen molar-refractivity contribution in [2.24, 2.45) is 0 Å². The summed E-state index contributed by atoms with van der Waals surface area (Å²) in [6.07, 6.45) is 3.96. The molecule has 0 aliphatic heterocycles. The molecule has 0 aliphatic carbocycles. The summed E-state index contributed by atoms with van der Waals surface area (Å²) < 4.78 is 24.4. The van der Waals surface area contributed by atoms with Gasteiger partial charge in [-0.25, -0.2) is 8.42 Å². The fourth-order valence-corrected chi connectivity index (χ4v) is 1.98. The van der Waals surface area contributed by atoms with Gasteiger partial charge >= 0.3 is 0 Å². The van der Waals surface area contributed by atoms with Gasteiger partial charge in [-0.1, -0.05) is 0 Å². The summed E-state index contributed by atoms with van der Waals surface area (Å²) in [6.45, 7) is 0. The van der Waals surface area contributed by atoms with Crippen LogP contribution in [0.1, 0.15) is 10.4 Å². The topological polar surface area (TPSA) is 104 Å². The largest absolute Gasteiger partial charge is 0.322 e. The van der Waals surface area contributed by atoms with Gasteiger partial charge in [0.1, 0.15) is 0 Å². The monoisotopic (exact) mass is 280 g/mol. The number of nitrogens with one attached hydrogen (secondary N) is 3. The van der Waals surface area contributed by atoms with Gasteiger partial charge in [0.05, 0.1) is 18.0 Å². The maximum atomic E-state index is 11.7. The molecule has 1 amide bonds. The minimum absolute atomic E-state index is 0.294. The molecule has 0 saturated heterocycles. The molecule has 0 bridgehead atoms. The van der Waals surface area contributed by atoms with Crippen LogP contribution in [0.15, 0.2) is 36.7 Å². The van der Waals surface area contributed by atoms with E-state index in [9.17, 15) is 13.2 Å². The van der Waals surface area contributed by atoms with E-state index in [1.165, 1.54) is 12.4 Å². The standard InChI is InChI=1S/C11H12N4O3S/c1-19(17,18)15-10-4-2-9(3-5-10)14-11(16)8-6-12-13-7-8/h2-7,15H,1H3,(H,12,13)(H,14,16). The number of rotatable bonds is 4. The highest BCUT2D eigenvalue weighted by molar-refractivity contribution is 7.92. The molecule has 1 aromatic heterocycles. The highest BCUT2D eigenvalue weighted by Gasteiger charge is 2.07. The maximum Gasteiger partial charge on any atom is 0.258 e. The minimum Gasteiger partial charge on any atom is -0.322 e. The first-order valence-corrected chi connectivity index (χ1v) is 7.21. The Bertz CT molecular complexity index is 662. The van der Waals surface area contributed by atoms with Gasteiger partial charge in [0, 0.05) is 17.6 Å². The van der Waals surface area contributed by atoms with Gasteiger partial charge in [0.15, 0.2) is 0 Å². The van der Waals surface area contributed by atoms with Crippen LogP contribution in [0.25, 0.3) is 0 Å². The van der Waals surface area contributed by atoms with Gasteiger partial charge in [-0.15, -0.1) is 0 Å². The Morgan fingerprint density at radius 1 is 1.21 bits per heavy atom. The van der Waals surface area contributed by atoms with Gasteiger partial charge in [0.2, 0.25) is 10.0 Å². The number of sulfonamides is 1. The number of H-pyrrole nitrogens is 1. The Kier molecular flexibility index (Phi) is 3.52. The zero-order valence-electron chi connectivity index (χ0n) is 10.0. The van der Waals surface area contributed by atoms with Crippen LogP contribution in [0.2, 0.25) is 0 Å². The predicted octanol–water partition coefficient (Wildman–Crippen LogP) is 1.03. The Morgan fingerprint density at radius 3 is 2.37 bits per heavy atom. The smallest absolute Gasteiger partial charge is 0.258 e. The number of carbonyl (C=O) groups excluding carboxylic acids is 1. The molecule has 0 radical (unpaired) electrons. The summed E-state index contributed by atoms with van der Waals surface area (Å²) in [5, 5.41) is 8.88. The maximum absolute atomic E-state index is 11.7. The third-order valence-electron chi connectivity index (χ3n) is 2.21. The molecular weight excluding hydrogens is 268 g/mol. The van der Waals surface area contributed by atoms with E-state index in [0.717, 1.165) is 6.26 Å². The molecular formula is C11H12N4O3S. The summed E-state index contributed by atoms with van der Waals surface area (Å²) in [7, 11) is -3.30. The number of aromatic nitrogens is 2. The Morgan fingerprint density at radius 2 is 1.84 bits per heavy atom. The van der Waals surface area contributed by atoms with Crippen molar-refractivity contribution in [3.8, 4) is 0 Å². The van der Waals surface area contributed by atoms with Crippen LogP contribution < -0.4 is 10.0 Å². The van der Waals surface area contributed by atoms with Crippen LogP contribution >= 0.6 is 0 Å². The molecule has 8 heteroatoms. The quantitative estimate of drug-likeness (QED) is 0.778. The lowest BCUT2D eigenvalue weighted by atomic mass is 10.2. The van der Waals surface area contributed by atoms with E-state index in [1.807, 2.05) is 0 Å². The predicted molar refractivity (Wildman–Crippen MR) is 71.4 cm³/mol. The van der Waals surface area contributed by atoms with Crippen molar-refractivity contribution in [3.05, 3.63) is 42.2 Å². The third-order valence-corrected chi connectivity index (χ3v) is 2.81. The number of hydrogen-bond acceptors (Lipinski definition) is 4. The number of aromatic amines is 1. The molecule has 1 aromatic carbocycles. The molecule has 0 spiro atoms. The van der Waals surface area contributed by atoms with Gasteiger partial charge in [0.25, 0.3) is 5.91 Å². The first-order valence-electron chi connectivity index (χ1n) is 5.32. The molecule has 0 fully saturated rings. The van der Waals surface area contributed by atoms with Gasteiger partial charge in [-0.05, 0) is 24.3 Å². The van der Waals surface area contributed by atoms with E-state index < -0.39 is 10.0 Å². The fourth-order valence-electron chi connectivity index (χ4n) is 1.41. The number of benzene rings is 1. The van der Waals surface area contributed by atoms with Crippen LogP contribution in [0.3, 0.4) is 0 Å². The molecule has 2 aromatic rings. The summed E-state index contributed by atoms with van der Waals surface area (Å²) in [5.74, 6) is -0.294. The molecule has 0 unspecified atom stereocenters. The van der Waals surface area contributed by atoms with Gasteiger partial charge in [-0.3, -0.25) is 14.6 Å². The first kappa shape index (κ1) is 13.1. The second kappa shape index (κ2) is 5.11. The van der Waals surface area contributed by atoms with Crippen LogP contribution in [0.5, 0.6) is 0 Å². The zero-order valence-corrected chi connectivity index (χ0v) is 10.9. The third kappa shape index (κ3) is 3.81. The second-order valence-electron chi connectivity index (χ2n) is 3.89. The van der Waals surface area contributed by atoms with Crippen LogP contribution in [0, 0.1) is 0 Å². The summed E-state index contributed by atoms with van der Waals surface area (Å²) in [5.41, 5.74) is 1.41. The van der Waals surface area contributed by atoms with Crippen LogP contribution in [-0.4, -0.2) is 30.8 Å². The molecule has 7 nitrogen and oxygen atoms in total. The van der Waals surface area contributed by atoms with E-state index in [0.29, 0.717) is 16.9 Å². The first-order chi connectivity index (χ1) is 8.94. The average molecular weight is 280 g/mol. The van der Waals surface area contributed by atoms with Gasteiger partial charge < -0.3 is 5.32 Å². The van der Waals surface area contributed by atoms with E-state index in [2.05, 4.69) is 20.2 Å². The van der Waals surface area contributed by atoms with Crippen molar-refractivity contribution >= 4 is 27.3 Å². The molecule has 0 aliphatic rings.